The van der Waals surface area contributed by atoms with E-state index in [1.54, 1.807) is 0 Å². The standard InChI is InChI=1S/C26H35N3O/c1-27(24-9-3-2-4-10-24)25-14-11-23(12-15-25)21-28-17-7-8-22(20-28)13-16-26(30)29-18-5-6-19-29/h2-4,9-12,14-15,22H,5-8,13,16-21H2,1H3/t22-/m1/s1. The molecule has 2 fully saturated rings. The Bertz CT molecular complexity index is 799. The van der Waals surface area contributed by atoms with E-state index in [2.05, 4.69) is 76.3 Å². The zero-order valence-corrected chi connectivity index (χ0v) is 18.3. The van der Waals surface area contributed by atoms with Crippen LogP contribution in [0.2, 0.25) is 0 Å². The molecule has 0 bridgehead atoms. The lowest BCUT2D eigenvalue weighted by Gasteiger charge is -2.33. The van der Waals surface area contributed by atoms with Gasteiger partial charge in [0.2, 0.25) is 5.91 Å². The molecule has 2 aliphatic rings. The molecule has 0 aliphatic carbocycles. The molecule has 1 atom stereocenters. The maximum absolute atomic E-state index is 12.4. The summed E-state index contributed by atoms with van der Waals surface area (Å²) in [5, 5.41) is 0. The van der Waals surface area contributed by atoms with E-state index in [0.29, 0.717) is 11.8 Å². The molecule has 0 radical (unpaired) electrons. The average Bonchev–Trinajstić information content (AvgIpc) is 3.34. The molecule has 1 amide bonds. The van der Waals surface area contributed by atoms with Gasteiger partial charge in [0.05, 0.1) is 0 Å². The molecule has 2 aromatic rings. The third-order valence-corrected chi connectivity index (χ3v) is 6.70. The van der Waals surface area contributed by atoms with Crippen molar-refractivity contribution in [2.75, 3.05) is 38.1 Å². The van der Waals surface area contributed by atoms with E-state index < -0.39 is 0 Å². The van der Waals surface area contributed by atoms with Crippen molar-refractivity contribution in [2.45, 2.75) is 45.1 Å². The van der Waals surface area contributed by atoms with Crippen molar-refractivity contribution < 1.29 is 4.79 Å². The van der Waals surface area contributed by atoms with Crippen molar-refractivity contribution in [3.05, 3.63) is 60.2 Å². The number of para-hydroxylation sites is 1. The van der Waals surface area contributed by atoms with E-state index in [1.165, 1.54) is 49.2 Å². The van der Waals surface area contributed by atoms with E-state index in [4.69, 9.17) is 0 Å². The number of benzene rings is 2. The monoisotopic (exact) mass is 405 g/mol. The first-order valence-electron chi connectivity index (χ1n) is 11.6. The van der Waals surface area contributed by atoms with Crippen molar-refractivity contribution in [3.8, 4) is 0 Å². The number of rotatable bonds is 7. The van der Waals surface area contributed by atoms with Gasteiger partial charge >= 0.3 is 0 Å². The second-order valence-corrected chi connectivity index (χ2v) is 8.93. The number of anilines is 2. The number of amides is 1. The quantitative estimate of drug-likeness (QED) is 0.643. The lowest BCUT2D eigenvalue weighted by Crippen LogP contribution is -2.36. The molecule has 160 valence electrons. The van der Waals surface area contributed by atoms with Gasteiger partial charge in [-0.25, -0.2) is 0 Å². The maximum atomic E-state index is 12.4. The highest BCUT2D eigenvalue weighted by Crippen LogP contribution is 2.26. The van der Waals surface area contributed by atoms with E-state index in [9.17, 15) is 4.79 Å². The number of hydrogen-bond acceptors (Lipinski definition) is 3. The van der Waals surface area contributed by atoms with Gasteiger partial charge in [0, 0.05) is 51.0 Å². The summed E-state index contributed by atoms with van der Waals surface area (Å²) in [5.41, 5.74) is 3.78. The second kappa shape index (κ2) is 10.1. The summed E-state index contributed by atoms with van der Waals surface area (Å²) in [7, 11) is 2.11. The normalized spacial score (nSPS) is 19.8. The molecule has 0 unspecified atom stereocenters. The van der Waals surface area contributed by atoms with Crippen LogP contribution in [0.5, 0.6) is 0 Å². The fourth-order valence-electron chi connectivity index (χ4n) is 4.87. The maximum Gasteiger partial charge on any atom is 0.222 e. The summed E-state index contributed by atoms with van der Waals surface area (Å²) in [6.07, 6.45) is 6.67. The molecule has 0 spiro atoms. The Morgan fingerprint density at radius 1 is 0.933 bits per heavy atom. The first kappa shape index (κ1) is 20.9. The van der Waals surface area contributed by atoms with E-state index >= 15 is 0 Å². The van der Waals surface area contributed by atoms with Gasteiger partial charge in [-0.1, -0.05) is 30.3 Å². The number of piperidine rings is 1. The highest BCUT2D eigenvalue weighted by atomic mass is 16.2. The van der Waals surface area contributed by atoms with Crippen LogP contribution in [0.25, 0.3) is 0 Å². The predicted molar refractivity (Wildman–Crippen MR) is 124 cm³/mol. The van der Waals surface area contributed by atoms with E-state index in [0.717, 1.165) is 39.0 Å². The Balaban J connectivity index is 1.27. The van der Waals surface area contributed by atoms with Crippen LogP contribution in [-0.2, 0) is 11.3 Å². The lowest BCUT2D eigenvalue weighted by atomic mass is 9.93. The van der Waals surface area contributed by atoms with Crippen LogP contribution in [0.4, 0.5) is 11.4 Å². The van der Waals surface area contributed by atoms with Crippen LogP contribution in [0.1, 0.15) is 44.1 Å². The molecule has 2 aromatic carbocycles. The second-order valence-electron chi connectivity index (χ2n) is 8.93. The molecular weight excluding hydrogens is 370 g/mol. The number of likely N-dealkylation sites (tertiary alicyclic amines) is 2. The molecule has 0 N–H and O–H groups in total. The van der Waals surface area contributed by atoms with Gasteiger partial charge in [-0.3, -0.25) is 9.69 Å². The van der Waals surface area contributed by atoms with Gasteiger partial charge in [0.25, 0.3) is 0 Å². The molecule has 4 nitrogen and oxygen atoms in total. The minimum atomic E-state index is 0.378. The van der Waals surface area contributed by atoms with Gasteiger partial charge < -0.3 is 9.80 Å². The highest BCUT2D eigenvalue weighted by molar-refractivity contribution is 5.76. The molecule has 0 aromatic heterocycles. The van der Waals surface area contributed by atoms with E-state index in [-0.39, 0.29) is 0 Å². The average molecular weight is 406 g/mol. The SMILES string of the molecule is CN(c1ccccc1)c1ccc(CN2CCC[C@H](CCC(=O)N3CCCC3)C2)cc1. The van der Waals surface area contributed by atoms with Crippen LogP contribution in [0.15, 0.2) is 54.6 Å². The number of carbonyl (C=O) groups is 1. The van der Waals surface area contributed by atoms with E-state index in [1.807, 2.05) is 0 Å². The summed E-state index contributed by atoms with van der Waals surface area (Å²) in [6.45, 7) is 5.25. The smallest absolute Gasteiger partial charge is 0.222 e. The summed E-state index contributed by atoms with van der Waals surface area (Å²) in [4.78, 5) is 19.2. The molecular formula is C26H35N3O. The third-order valence-electron chi connectivity index (χ3n) is 6.70. The van der Waals surface area contributed by atoms with Gasteiger partial charge in [0.1, 0.15) is 0 Å². The minimum absolute atomic E-state index is 0.378. The van der Waals surface area contributed by atoms with Crippen LogP contribution >= 0.6 is 0 Å². The zero-order chi connectivity index (χ0) is 20.8. The molecule has 0 saturated carbocycles. The summed E-state index contributed by atoms with van der Waals surface area (Å²) >= 11 is 0. The summed E-state index contributed by atoms with van der Waals surface area (Å²) in [6, 6.07) is 19.4. The Morgan fingerprint density at radius 2 is 1.63 bits per heavy atom. The molecule has 2 heterocycles. The third kappa shape index (κ3) is 5.42. The first-order chi connectivity index (χ1) is 14.7. The topological polar surface area (TPSA) is 26.8 Å². The molecule has 2 saturated heterocycles. The highest BCUT2D eigenvalue weighted by Gasteiger charge is 2.23. The lowest BCUT2D eigenvalue weighted by molar-refractivity contribution is -0.130. The van der Waals surface area contributed by atoms with Crippen LogP contribution < -0.4 is 4.90 Å². The molecule has 4 heteroatoms. The van der Waals surface area contributed by atoms with Crippen molar-refractivity contribution in [1.82, 2.24) is 9.80 Å². The van der Waals surface area contributed by atoms with Crippen LogP contribution in [0.3, 0.4) is 0 Å². The Labute approximate surface area is 181 Å². The Kier molecular flexibility index (Phi) is 7.06. The van der Waals surface area contributed by atoms with Crippen LogP contribution in [-0.4, -0.2) is 48.9 Å². The fraction of sp³-hybridized carbons (Fsp3) is 0.500. The predicted octanol–water partition coefficient (Wildman–Crippen LogP) is 5.07. The van der Waals surface area contributed by atoms with Gasteiger partial charge in [-0.2, -0.15) is 0 Å². The minimum Gasteiger partial charge on any atom is -0.345 e. The van der Waals surface area contributed by atoms with Crippen molar-refractivity contribution >= 4 is 17.3 Å². The van der Waals surface area contributed by atoms with Gasteiger partial charge in [-0.15, -0.1) is 0 Å². The van der Waals surface area contributed by atoms with Crippen molar-refractivity contribution in [1.29, 1.82) is 0 Å². The Morgan fingerprint density at radius 3 is 2.37 bits per heavy atom. The summed E-state index contributed by atoms with van der Waals surface area (Å²) in [5.74, 6) is 1.04. The molecule has 4 rings (SSSR count). The number of hydrogen-bond donors (Lipinski definition) is 0. The molecule has 30 heavy (non-hydrogen) atoms. The molecule has 2 aliphatic heterocycles. The first-order valence-corrected chi connectivity index (χ1v) is 11.6. The van der Waals surface area contributed by atoms with Crippen molar-refractivity contribution in [3.63, 3.8) is 0 Å². The summed E-state index contributed by atoms with van der Waals surface area (Å²) < 4.78 is 0. The Hall–Kier alpha value is -2.33. The number of nitrogens with zero attached hydrogens (tertiary/aromatic N) is 3. The van der Waals surface area contributed by atoms with Gasteiger partial charge in [0.15, 0.2) is 0 Å². The van der Waals surface area contributed by atoms with Gasteiger partial charge in [-0.05, 0) is 74.4 Å². The van der Waals surface area contributed by atoms with Crippen molar-refractivity contribution in [2.24, 2.45) is 5.92 Å². The number of carbonyl (C=O) groups excluding carboxylic acids is 1. The van der Waals surface area contributed by atoms with Crippen LogP contribution in [0, 0.1) is 5.92 Å². The fourth-order valence-corrected chi connectivity index (χ4v) is 4.87. The zero-order valence-electron chi connectivity index (χ0n) is 18.3. The largest absolute Gasteiger partial charge is 0.345 e.